The fourth-order valence-electron chi connectivity index (χ4n) is 7.79. The fraction of sp³-hybridized carbons (Fsp3) is 0. The van der Waals surface area contributed by atoms with Gasteiger partial charge in [0.1, 0.15) is 0 Å². The second-order valence-electron chi connectivity index (χ2n) is 13.8. The number of pyridine rings is 2. The van der Waals surface area contributed by atoms with Crippen molar-refractivity contribution in [1.82, 2.24) is 9.97 Å². The van der Waals surface area contributed by atoms with Gasteiger partial charge in [-0.25, -0.2) is 4.98 Å². The van der Waals surface area contributed by atoms with Crippen molar-refractivity contribution in [1.29, 1.82) is 0 Å². The highest BCUT2D eigenvalue weighted by Crippen LogP contribution is 2.41. The molecule has 10 rings (SSSR count). The summed E-state index contributed by atoms with van der Waals surface area (Å²) in [6, 6.07) is 71.6. The highest BCUT2D eigenvalue weighted by molar-refractivity contribution is 6.16. The number of hydrogen-bond acceptors (Lipinski definition) is 2. The molecule has 0 N–H and O–H groups in total. The third-order valence-electron chi connectivity index (χ3n) is 10.6. The Morgan fingerprint density at radius 1 is 0.278 bits per heavy atom. The van der Waals surface area contributed by atoms with Gasteiger partial charge < -0.3 is 0 Å². The van der Waals surface area contributed by atoms with E-state index in [1.807, 2.05) is 12.3 Å². The molecule has 0 radical (unpaired) electrons. The van der Waals surface area contributed by atoms with Gasteiger partial charge in [0.15, 0.2) is 0 Å². The van der Waals surface area contributed by atoms with Gasteiger partial charge in [0, 0.05) is 27.9 Å². The molecule has 0 aliphatic carbocycles. The molecule has 10 aromatic rings. The number of aromatic nitrogens is 2. The molecule has 0 atom stereocenters. The van der Waals surface area contributed by atoms with E-state index in [0.717, 1.165) is 49.6 Å². The van der Waals surface area contributed by atoms with E-state index < -0.39 is 0 Å². The van der Waals surface area contributed by atoms with Crippen LogP contribution in [-0.4, -0.2) is 9.97 Å². The lowest BCUT2D eigenvalue weighted by Gasteiger charge is -2.16. The van der Waals surface area contributed by atoms with Crippen LogP contribution >= 0.6 is 0 Å². The van der Waals surface area contributed by atoms with Crippen LogP contribution in [0.1, 0.15) is 0 Å². The highest BCUT2D eigenvalue weighted by Gasteiger charge is 2.17. The monoisotopic (exact) mass is 686 g/mol. The molecule has 0 bridgehead atoms. The molecule has 252 valence electrons. The van der Waals surface area contributed by atoms with Crippen LogP contribution in [0.25, 0.3) is 99.5 Å². The largest absolute Gasteiger partial charge is 0.256 e. The Bertz CT molecular complexity index is 2930. The Kier molecular flexibility index (Phi) is 7.85. The Hall–Kier alpha value is -7.16. The van der Waals surface area contributed by atoms with Crippen molar-refractivity contribution in [3.63, 3.8) is 0 Å². The minimum atomic E-state index is 0.955. The van der Waals surface area contributed by atoms with Crippen molar-refractivity contribution in [2.45, 2.75) is 0 Å². The third kappa shape index (κ3) is 5.71. The molecule has 0 aliphatic rings. The van der Waals surface area contributed by atoms with Gasteiger partial charge in [0.2, 0.25) is 0 Å². The minimum absolute atomic E-state index is 0.955. The van der Waals surface area contributed by atoms with Crippen LogP contribution in [0, 0.1) is 0 Å². The standard InChI is InChI=1S/C52H34N2/c1-3-11-35(12-4-1)37-19-23-41(24-20-37)48-34-51(42-29-21-38(22-30-42)36-13-5-2-6-14-36)54-52-46-17-8-7-15-44(46)47(33-49(48)52)40-27-25-39(26-28-40)43-31-32-53-50-18-10-9-16-45(43)50/h1-34H. The van der Waals surface area contributed by atoms with Gasteiger partial charge in [-0.2, -0.15) is 0 Å². The van der Waals surface area contributed by atoms with E-state index in [0.29, 0.717) is 0 Å². The van der Waals surface area contributed by atoms with Gasteiger partial charge in [-0.15, -0.1) is 0 Å². The summed E-state index contributed by atoms with van der Waals surface area (Å²) in [5.41, 5.74) is 15.9. The topological polar surface area (TPSA) is 25.8 Å². The summed E-state index contributed by atoms with van der Waals surface area (Å²) in [7, 11) is 0. The highest BCUT2D eigenvalue weighted by atomic mass is 14.7. The number of rotatable bonds is 6. The van der Waals surface area contributed by atoms with Crippen LogP contribution < -0.4 is 0 Å². The Labute approximate surface area is 314 Å². The van der Waals surface area contributed by atoms with Gasteiger partial charge in [-0.3, -0.25) is 4.98 Å². The van der Waals surface area contributed by atoms with E-state index >= 15 is 0 Å². The first-order chi connectivity index (χ1) is 26.8. The quantitative estimate of drug-likeness (QED) is 0.163. The van der Waals surface area contributed by atoms with E-state index in [4.69, 9.17) is 4.98 Å². The lowest BCUT2D eigenvalue weighted by atomic mass is 9.90. The van der Waals surface area contributed by atoms with Gasteiger partial charge in [-0.05, 0) is 85.3 Å². The molecule has 2 nitrogen and oxygen atoms in total. The lowest BCUT2D eigenvalue weighted by molar-refractivity contribution is 1.41. The van der Waals surface area contributed by atoms with Crippen molar-refractivity contribution in [3.8, 4) is 66.9 Å². The Balaban J connectivity index is 1.15. The molecular weight excluding hydrogens is 653 g/mol. The maximum atomic E-state index is 5.44. The van der Waals surface area contributed by atoms with Gasteiger partial charge >= 0.3 is 0 Å². The molecule has 2 aromatic heterocycles. The fourth-order valence-corrected chi connectivity index (χ4v) is 7.79. The van der Waals surface area contributed by atoms with E-state index in [-0.39, 0.29) is 0 Å². The summed E-state index contributed by atoms with van der Waals surface area (Å²) in [4.78, 5) is 10.0. The van der Waals surface area contributed by atoms with Crippen LogP contribution in [-0.2, 0) is 0 Å². The smallest absolute Gasteiger partial charge is 0.0794 e. The third-order valence-corrected chi connectivity index (χ3v) is 10.6. The minimum Gasteiger partial charge on any atom is -0.256 e. The van der Waals surface area contributed by atoms with E-state index in [2.05, 4.69) is 199 Å². The maximum Gasteiger partial charge on any atom is 0.0794 e. The van der Waals surface area contributed by atoms with E-state index in [1.54, 1.807) is 0 Å². The molecule has 0 aliphatic heterocycles. The van der Waals surface area contributed by atoms with Crippen LogP contribution in [0.2, 0.25) is 0 Å². The first-order valence-corrected chi connectivity index (χ1v) is 18.4. The lowest BCUT2D eigenvalue weighted by Crippen LogP contribution is -1.94. The summed E-state index contributed by atoms with van der Waals surface area (Å²) in [5.74, 6) is 0. The average molecular weight is 687 g/mol. The molecule has 54 heavy (non-hydrogen) atoms. The molecule has 2 heteroatoms. The molecule has 0 amide bonds. The first-order valence-electron chi connectivity index (χ1n) is 18.4. The maximum absolute atomic E-state index is 5.44. The predicted molar refractivity (Wildman–Crippen MR) is 227 cm³/mol. The summed E-state index contributed by atoms with van der Waals surface area (Å²) in [5, 5.41) is 4.61. The first kappa shape index (κ1) is 31.6. The Morgan fingerprint density at radius 2 is 0.722 bits per heavy atom. The molecule has 0 saturated heterocycles. The zero-order valence-corrected chi connectivity index (χ0v) is 29.5. The second-order valence-corrected chi connectivity index (χ2v) is 13.8. The van der Waals surface area contributed by atoms with Crippen molar-refractivity contribution < 1.29 is 0 Å². The summed E-state index contributed by atoms with van der Waals surface area (Å²) in [6.07, 6.45) is 1.90. The zero-order chi connectivity index (χ0) is 35.8. The molecular formula is C52H34N2. The molecule has 8 aromatic carbocycles. The van der Waals surface area contributed by atoms with Crippen LogP contribution in [0.15, 0.2) is 206 Å². The SMILES string of the molecule is c1ccc(-c2ccc(-c3cc(-c4ccc(-c5ccccc5)cc4)c4cc(-c5ccc(-c6ccnc7ccccc67)cc5)c5ccccc5c4n3)cc2)cc1. The summed E-state index contributed by atoms with van der Waals surface area (Å²) >= 11 is 0. The van der Waals surface area contributed by atoms with Crippen molar-refractivity contribution >= 4 is 32.6 Å². The average Bonchev–Trinajstić information content (AvgIpc) is 3.26. The van der Waals surface area contributed by atoms with E-state index in [1.165, 1.54) is 49.9 Å². The van der Waals surface area contributed by atoms with Crippen molar-refractivity contribution in [2.75, 3.05) is 0 Å². The van der Waals surface area contributed by atoms with Crippen LogP contribution in [0.3, 0.4) is 0 Å². The van der Waals surface area contributed by atoms with Crippen molar-refractivity contribution in [2.24, 2.45) is 0 Å². The van der Waals surface area contributed by atoms with Crippen molar-refractivity contribution in [3.05, 3.63) is 206 Å². The predicted octanol–water partition coefficient (Wildman–Crippen LogP) is 13.9. The number of benzene rings is 8. The number of para-hydroxylation sites is 1. The van der Waals surface area contributed by atoms with Gasteiger partial charge in [0.05, 0.1) is 16.7 Å². The Morgan fingerprint density at radius 3 is 1.33 bits per heavy atom. The normalized spacial score (nSPS) is 11.3. The summed E-state index contributed by atoms with van der Waals surface area (Å²) < 4.78 is 0. The number of fused-ring (bicyclic) bond motifs is 4. The van der Waals surface area contributed by atoms with Crippen LogP contribution in [0.4, 0.5) is 0 Å². The number of nitrogens with zero attached hydrogens (tertiary/aromatic N) is 2. The van der Waals surface area contributed by atoms with Gasteiger partial charge in [0.25, 0.3) is 0 Å². The zero-order valence-electron chi connectivity index (χ0n) is 29.5. The molecule has 0 fully saturated rings. The number of hydrogen-bond donors (Lipinski definition) is 0. The molecule has 0 spiro atoms. The van der Waals surface area contributed by atoms with E-state index in [9.17, 15) is 0 Å². The molecule has 0 unspecified atom stereocenters. The molecule has 0 saturated carbocycles. The second kappa shape index (κ2) is 13.4. The van der Waals surface area contributed by atoms with Gasteiger partial charge in [-0.1, -0.05) is 176 Å². The van der Waals surface area contributed by atoms with Crippen LogP contribution in [0.5, 0.6) is 0 Å². The molecule has 2 heterocycles. The summed E-state index contributed by atoms with van der Waals surface area (Å²) in [6.45, 7) is 0.